The molecule has 5 nitrogen and oxygen atoms in total. The SMILES string of the molecule is CCC(C(=O)S)C(CC)(C(=O)S)P(=O)(SOC)SOC. The number of carbonyl (C=O) groups excluding carboxylic acids is 2. The van der Waals surface area contributed by atoms with E-state index in [0.29, 0.717) is 29.7 Å². The highest BCUT2D eigenvalue weighted by Crippen LogP contribution is 2.80. The van der Waals surface area contributed by atoms with Gasteiger partial charge >= 0.3 is 0 Å². The van der Waals surface area contributed by atoms with E-state index in [9.17, 15) is 14.2 Å². The van der Waals surface area contributed by atoms with Crippen molar-refractivity contribution in [2.24, 2.45) is 5.92 Å². The van der Waals surface area contributed by atoms with Gasteiger partial charge in [-0.2, -0.15) is 0 Å². The fourth-order valence-corrected chi connectivity index (χ4v) is 11.1. The summed E-state index contributed by atoms with van der Waals surface area (Å²) in [5.74, 6) is -0.822. The Bertz CT molecular complexity index is 395. The lowest BCUT2D eigenvalue weighted by atomic mass is 9.88. The normalized spacial score (nSPS) is 16.5. The van der Waals surface area contributed by atoms with Crippen molar-refractivity contribution in [3.05, 3.63) is 0 Å². The Hall–Kier alpha value is 0.890. The van der Waals surface area contributed by atoms with Crippen molar-refractivity contribution in [2.45, 2.75) is 31.8 Å². The van der Waals surface area contributed by atoms with E-state index in [0.717, 1.165) is 0 Å². The summed E-state index contributed by atoms with van der Waals surface area (Å²) in [6.07, 6.45) is 0.491. The quantitative estimate of drug-likeness (QED) is 0.340. The Morgan fingerprint density at radius 2 is 1.65 bits per heavy atom. The van der Waals surface area contributed by atoms with Gasteiger partial charge in [-0.15, -0.1) is 25.3 Å². The van der Waals surface area contributed by atoms with Crippen LogP contribution in [0.1, 0.15) is 26.7 Å². The summed E-state index contributed by atoms with van der Waals surface area (Å²) in [6, 6.07) is 0. The third kappa shape index (κ3) is 4.00. The molecule has 0 amide bonds. The maximum atomic E-state index is 13.2. The summed E-state index contributed by atoms with van der Waals surface area (Å²) >= 11 is 9.05. The molecule has 10 heteroatoms. The van der Waals surface area contributed by atoms with E-state index in [1.165, 1.54) is 14.2 Å². The molecule has 2 atom stereocenters. The van der Waals surface area contributed by atoms with Crippen LogP contribution < -0.4 is 0 Å². The van der Waals surface area contributed by atoms with Crippen LogP contribution in [0.3, 0.4) is 0 Å². The largest absolute Gasteiger partial charge is 0.311 e. The van der Waals surface area contributed by atoms with E-state index in [1.54, 1.807) is 13.8 Å². The maximum absolute atomic E-state index is 13.2. The lowest BCUT2D eigenvalue weighted by molar-refractivity contribution is -0.121. The molecule has 0 heterocycles. The van der Waals surface area contributed by atoms with Gasteiger partial charge in [-0.3, -0.25) is 14.2 Å². The minimum absolute atomic E-state index is 0.171. The lowest BCUT2D eigenvalue weighted by Gasteiger charge is -2.39. The number of rotatable bonds is 10. The van der Waals surface area contributed by atoms with Gasteiger partial charge in [-0.25, -0.2) is 0 Å². The molecule has 0 aromatic rings. The number of carbonyl (C=O) groups is 2. The summed E-state index contributed by atoms with van der Waals surface area (Å²) in [6.45, 7) is 3.42. The molecule has 0 spiro atoms. The van der Waals surface area contributed by atoms with Gasteiger partial charge in [0, 0.05) is 5.92 Å². The fraction of sp³-hybridized carbons (Fsp3) is 0.800. The van der Waals surface area contributed by atoms with E-state index in [1.807, 2.05) is 0 Å². The predicted molar refractivity (Wildman–Crippen MR) is 91.6 cm³/mol. The van der Waals surface area contributed by atoms with Crippen molar-refractivity contribution >= 4 is 64.4 Å². The van der Waals surface area contributed by atoms with E-state index in [4.69, 9.17) is 8.37 Å². The van der Waals surface area contributed by atoms with Crippen molar-refractivity contribution in [2.75, 3.05) is 14.2 Å². The van der Waals surface area contributed by atoms with Crippen LogP contribution in [0.4, 0.5) is 0 Å². The predicted octanol–water partition coefficient (Wildman–Crippen LogP) is 3.86. The van der Waals surface area contributed by atoms with Crippen molar-refractivity contribution in [3.63, 3.8) is 0 Å². The highest BCUT2D eigenvalue weighted by atomic mass is 33.1. The molecule has 0 fully saturated rings. The molecule has 0 saturated carbocycles. The first-order valence-electron chi connectivity index (χ1n) is 5.78. The van der Waals surface area contributed by atoms with Gasteiger partial charge in [0.05, 0.1) is 37.5 Å². The molecule has 118 valence electrons. The Morgan fingerprint density at radius 1 is 1.20 bits per heavy atom. The topological polar surface area (TPSA) is 69.7 Å². The third-order valence-electron chi connectivity index (χ3n) is 3.03. The standard InChI is InChI=1S/C10H19O5PS4/c1-5-7(8(11)17)10(6-2,9(12)18)16(13,19-14-3)20-15-4/h7H,5-6H2,1-4H3,(H,11,17)(H,12,18). The molecule has 0 aliphatic carbocycles. The Kier molecular flexibility index (Phi) is 9.53. The van der Waals surface area contributed by atoms with Crippen molar-refractivity contribution in [1.82, 2.24) is 0 Å². The number of thiol groups is 2. The van der Waals surface area contributed by atoms with E-state index in [2.05, 4.69) is 25.3 Å². The van der Waals surface area contributed by atoms with Crippen LogP contribution in [0.2, 0.25) is 0 Å². The number of hydrogen-bond acceptors (Lipinski definition) is 7. The van der Waals surface area contributed by atoms with Gasteiger partial charge in [0.15, 0.2) is 5.12 Å². The average molecular weight is 378 g/mol. The van der Waals surface area contributed by atoms with Gasteiger partial charge in [0.2, 0.25) is 5.12 Å². The van der Waals surface area contributed by atoms with Gasteiger partial charge in [-0.05, 0) is 12.8 Å². The first-order valence-corrected chi connectivity index (χ1v) is 11.1. The van der Waals surface area contributed by atoms with Crippen molar-refractivity contribution in [1.29, 1.82) is 0 Å². The summed E-state index contributed by atoms with van der Waals surface area (Å²) in [7, 11) is 2.70. The average Bonchev–Trinajstić information content (AvgIpc) is 2.35. The zero-order valence-corrected chi connectivity index (χ0v) is 16.0. The molecule has 0 aliphatic rings. The van der Waals surface area contributed by atoms with Gasteiger partial charge in [0.1, 0.15) is 5.16 Å². The molecule has 0 radical (unpaired) electrons. The summed E-state index contributed by atoms with van der Waals surface area (Å²) < 4.78 is 23.1. The first-order chi connectivity index (χ1) is 9.27. The second-order valence-electron chi connectivity index (χ2n) is 3.86. The minimum Gasteiger partial charge on any atom is -0.311 e. The zero-order valence-electron chi connectivity index (χ0n) is 11.7. The smallest absolute Gasteiger partial charge is 0.256 e. The van der Waals surface area contributed by atoms with E-state index < -0.39 is 26.9 Å². The zero-order chi connectivity index (χ0) is 16.0. The van der Waals surface area contributed by atoms with Crippen LogP contribution in [0.25, 0.3) is 0 Å². The molecule has 0 N–H and O–H groups in total. The van der Waals surface area contributed by atoms with Crippen molar-refractivity contribution in [3.8, 4) is 0 Å². The van der Waals surface area contributed by atoms with Crippen LogP contribution in [0, 0.1) is 5.92 Å². The van der Waals surface area contributed by atoms with Crippen LogP contribution in [-0.4, -0.2) is 29.6 Å². The van der Waals surface area contributed by atoms with E-state index >= 15 is 0 Å². The monoisotopic (exact) mass is 378 g/mol. The highest BCUT2D eigenvalue weighted by molar-refractivity contribution is 8.89. The molecule has 20 heavy (non-hydrogen) atoms. The Morgan fingerprint density at radius 3 is 1.85 bits per heavy atom. The van der Waals surface area contributed by atoms with Crippen LogP contribution >= 0.6 is 54.1 Å². The first kappa shape index (κ1) is 20.9. The summed E-state index contributed by atoms with van der Waals surface area (Å²) in [5, 5.41) is -2.59. The third-order valence-corrected chi connectivity index (χ3v) is 11.5. The second kappa shape index (κ2) is 9.12. The second-order valence-corrected chi connectivity index (χ2v) is 12.1. The minimum atomic E-state index is -3.45. The van der Waals surface area contributed by atoms with Crippen LogP contribution in [-0.2, 0) is 22.5 Å². The maximum Gasteiger partial charge on any atom is 0.256 e. The molecule has 0 aliphatic heterocycles. The molecule has 0 aromatic carbocycles. The summed E-state index contributed by atoms with van der Waals surface area (Å²) in [5.41, 5.74) is -3.45. The highest BCUT2D eigenvalue weighted by Gasteiger charge is 2.59. The molecule has 0 bridgehead atoms. The lowest BCUT2D eigenvalue weighted by Crippen LogP contribution is -2.44. The Labute approximate surface area is 138 Å². The molecular formula is C10H19O5PS4. The molecule has 2 unspecified atom stereocenters. The van der Waals surface area contributed by atoms with Gasteiger partial charge in [-0.1, -0.05) is 13.8 Å². The van der Waals surface area contributed by atoms with Crippen molar-refractivity contribution < 1.29 is 22.5 Å². The fourth-order valence-electron chi connectivity index (χ4n) is 2.11. The van der Waals surface area contributed by atoms with Gasteiger partial charge in [0.25, 0.3) is 5.55 Å². The Balaban J connectivity index is 6.15. The summed E-state index contributed by atoms with van der Waals surface area (Å²) in [4.78, 5) is 24.0. The number of hydrogen-bond donors (Lipinski definition) is 2. The van der Waals surface area contributed by atoms with Crippen LogP contribution in [0.5, 0.6) is 0 Å². The molecular weight excluding hydrogens is 359 g/mol. The molecule has 0 aromatic heterocycles. The molecule has 0 rings (SSSR count). The van der Waals surface area contributed by atoms with Crippen LogP contribution in [0.15, 0.2) is 0 Å². The molecule has 0 saturated heterocycles. The van der Waals surface area contributed by atoms with Gasteiger partial charge < -0.3 is 8.37 Å². The van der Waals surface area contributed by atoms with E-state index in [-0.39, 0.29) is 6.42 Å².